The molecule has 0 saturated heterocycles. The first-order valence-electron chi connectivity index (χ1n) is 10.7. The van der Waals surface area contributed by atoms with Crippen LogP contribution < -0.4 is 4.74 Å². The molecule has 0 spiro atoms. The SMILES string of the molecule is Cc1ccc(OCc2cccc(-c3c(C)cccc3C)c2C)cc1CC1(C)CC1. The molecule has 1 nitrogen and oxygen atoms in total. The minimum absolute atomic E-state index is 0.514. The second kappa shape index (κ2) is 7.71. The van der Waals surface area contributed by atoms with E-state index in [9.17, 15) is 0 Å². The van der Waals surface area contributed by atoms with E-state index in [-0.39, 0.29) is 0 Å². The largest absolute Gasteiger partial charge is 0.489 e. The van der Waals surface area contributed by atoms with Crippen molar-refractivity contribution < 1.29 is 4.74 Å². The number of ether oxygens (including phenoxy) is 1. The summed E-state index contributed by atoms with van der Waals surface area (Å²) in [4.78, 5) is 0. The van der Waals surface area contributed by atoms with Gasteiger partial charge in [-0.05, 0) is 109 Å². The van der Waals surface area contributed by atoms with Gasteiger partial charge in [0.15, 0.2) is 0 Å². The van der Waals surface area contributed by atoms with Crippen LogP contribution in [0.2, 0.25) is 0 Å². The number of aryl methyl sites for hydroxylation is 3. The Labute approximate surface area is 175 Å². The molecule has 0 atom stereocenters. The van der Waals surface area contributed by atoms with Gasteiger partial charge in [0.1, 0.15) is 12.4 Å². The summed E-state index contributed by atoms with van der Waals surface area (Å²) in [5.41, 5.74) is 11.2. The normalized spacial score (nSPS) is 14.7. The van der Waals surface area contributed by atoms with Gasteiger partial charge in [-0.2, -0.15) is 0 Å². The van der Waals surface area contributed by atoms with Crippen molar-refractivity contribution in [1.29, 1.82) is 0 Å². The van der Waals surface area contributed by atoms with Crippen LogP contribution in [0.1, 0.15) is 53.1 Å². The molecule has 3 aromatic carbocycles. The van der Waals surface area contributed by atoms with Gasteiger partial charge in [0.05, 0.1) is 0 Å². The Balaban J connectivity index is 1.56. The summed E-state index contributed by atoms with van der Waals surface area (Å²) < 4.78 is 6.25. The standard InChI is InChI=1S/C28H32O/c1-19-12-13-25(16-24(19)17-28(5)14-15-28)29-18-23-10-7-11-26(22(23)4)27-20(2)8-6-9-21(27)3/h6-13,16H,14-15,17-18H2,1-5H3. The number of rotatable bonds is 6. The molecule has 1 fully saturated rings. The molecule has 150 valence electrons. The third-order valence-corrected chi connectivity index (χ3v) is 6.63. The van der Waals surface area contributed by atoms with Crippen LogP contribution in [0, 0.1) is 33.1 Å². The van der Waals surface area contributed by atoms with Crippen molar-refractivity contribution in [2.45, 2.75) is 60.5 Å². The Hall–Kier alpha value is -2.54. The molecule has 0 unspecified atom stereocenters. The first-order chi connectivity index (χ1) is 13.9. The minimum atomic E-state index is 0.514. The highest BCUT2D eigenvalue weighted by molar-refractivity contribution is 5.74. The van der Waals surface area contributed by atoms with Crippen LogP contribution in [0.5, 0.6) is 5.75 Å². The summed E-state index contributed by atoms with van der Waals surface area (Å²) in [6, 6.07) is 19.7. The van der Waals surface area contributed by atoms with E-state index in [0.29, 0.717) is 12.0 Å². The summed E-state index contributed by atoms with van der Waals surface area (Å²) in [6.07, 6.45) is 3.86. The van der Waals surface area contributed by atoms with Gasteiger partial charge in [-0.15, -0.1) is 0 Å². The monoisotopic (exact) mass is 384 g/mol. The zero-order valence-electron chi connectivity index (χ0n) is 18.4. The van der Waals surface area contributed by atoms with Crippen molar-refractivity contribution in [3.63, 3.8) is 0 Å². The Morgan fingerprint density at radius 3 is 2.17 bits per heavy atom. The van der Waals surface area contributed by atoms with Gasteiger partial charge in [-0.1, -0.05) is 49.4 Å². The van der Waals surface area contributed by atoms with E-state index in [4.69, 9.17) is 4.74 Å². The number of benzene rings is 3. The lowest BCUT2D eigenvalue weighted by molar-refractivity contribution is 0.305. The van der Waals surface area contributed by atoms with E-state index >= 15 is 0 Å². The second-order valence-electron chi connectivity index (χ2n) is 9.22. The molecule has 29 heavy (non-hydrogen) atoms. The fraction of sp³-hybridized carbons (Fsp3) is 0.357. The molecule has 0 radical (unpaired) electrons. The molecule has 0 heterocycles. The zero-order valence-corrected chi connectivity index (χ0v) is 18.4. The first-order valence-corrected chi connectivity index (χ1v) is 10.7. The minimum Gasteiger partial charge on any atom is -0.489 e. The molecule has 0 amide bonds. The van der Waals surface area contributed by atoms with E-state index in [0.717, 1.165) is 12.2 Å². The Bertz CT molecular complexity index is 1020. The van der Waals surface area contributed by atoms with Crippen LogP contribution in [0.4, 0.5) is 0 Å². The molecule has 0 aromatic heterocycles. The topological polar surface area (TPSA) is 9.23 Å². The molecule has 0 N–H and O–H groups in total. The van der Waals surface area contributed by atoms with Crippen molar-refractivity contribution in [3.8, 4) is 16.9 Å². The average molecular weight is 385 g/mol. The lowest BCUT2D eigenvalue weighted by atomic mass is 9.91. The third kappa shape index (κ3) is 4.24. The van der Waals surface area contributed by atoms with E-state index in [2.05, 4.69) is 89.2 Å². The smallest absolute Gasteiger partial charge is 0.120 e. The van der Waals surface area contributed by atoms with Crippen molar-refractivity contribution in [1.82, 2.24) is 0 Å². The Morgan fingerprint density at radius 2 is 1.48 bits per heavy atom. The van der Waals surface area contributed by atoms with E-state index in [1.54, 1.807) is 0 Å². The second-order valence-corrected chi connectivity index (χ2v) is 9.22. The maximum absolute atomic E-state index is 6.25. The molecule has 1 aliphatic rings. The fourth-order valence-corrected chi connectivity index (χ4v) is 4.29. The third-order valence-electron chi connectivity index (χ3n) is 6.63. The van der Waals surface area contributed by atoms with Crippen molar-refractivity contribution >= 4 is 0 Å². The molecule has 4 rings (SSSR count). The lowest BCUT2D eigenvalue weighted by Gasteiger charge is -2.17. The Kier molecular flexibility index (Phi) is 5.25. The highest BCUT2D eigenvalue weighted by Crippen LogP contribution is 2.48. The summed E-state index contributed by atoms with van der Waals surface area (Å²) in [5.74, 6) is 0.978. The first kappa shape index (κ1) is 19.8. The van der Waals surface area contributed by atoms with Crippen LogP contribution >= 0.6 is 0 Å². The van der Waals surface area contributed by atoms with Crippen LogP contribution in [-0.4, -0.2) is 0 Å². The number of hydrogen-bond donors (Lipinski definition) is 0. The lowest BCUT2D eigenvalue weighted by Crippen LogP contribution is -2.03. The molecule has 3 aromatic rings. The van der Waals surface area contributed by atoms with Gasteiger partial charge in [0.25, 0.3) is 0 Å². The van der Waals surface area contributed by atoms with Gasteiger partial charge < -0.3 is 4.74 Å². The van der Waals surface area contributed by atoms with E-state index in [1.165, 1.54) is 57.3 Å². The molecule has 1 saturated carbocycles. The maximum Gasteiger partial charge on any atom is 0.120 e. The van der Waals surface area contributed by atoms with E-state index in [1.807, 2.05) is 0 Å². The van der Waals surface area contributed by atoms with Gasteiger partial charge in [0.2, 0.25) is 0 Å². The van der Waals surface area contributed by atoms with Gasteiger partial charge in [-0.3, -0.25) is 0 Å². The van der Waals surface area contributed by atoms with Crippen molar-refractivity contribution in [2.75, 3.05) is 0 Å². The molecule has 1 heteroatoms. The fourth-order valence-electron chi connectivity index (χ4n) is 4.29. The van der Waals surface area contributed by atoms with E-state index < -0.39 is 0 Å². The van der Waals surface area contributed by atoms with Crippen LogP contribution in [0.3, 0.4) is 0 Å². The van der Waals surface area contributed by atoms with Crippen LogP contribution in [-0.2, 0) is 13.0 Å². The van der Waals surface area contributed by atoms with Crippen molar-refractivity contribution in [2.24, 2.45) is 5.41 Å². The Morgan fingerprint density at radius 1 is 0.793 bits per heavy atom. The molecule has 0 aliphatic heterocycles. The molecule has 1 aliphatic carbocycles. The summed E-state index contributed by atoms with van der Waals surface area (Å²) in [7, 11) is 0. The zero-order chi connectivity index (χ0) is 20.6. The molecular formula is C28H32O. The summed E-state index contributed by atoms with van der Waals surface area (Å²) >= 11 is 0. The predicted octanol–water partition coefficient (Wildman–Crippen LogP) is 7.51. The van der Waals surface area contributed by atoms with Crippen LogP contribution in [0.25, 0.3) is 11.1 Å². The maximum atomic E-state index is 6.25. The number of hydrogen-bond acceptors (Lipinski definition) is 1. The summed E-state index contributed by atoms with van der Waals surface area (Å²) in [6.45, 7) is 11.8. The predicted molar refractivity (Wildman–Crippen MR) is 123 cm³/mol. The van der Waals surface area contributed by atoms with Crippen LogP contribution in [0.15, 0.2) is 54.6 Å². The van der Waals surface area contributed by atoms with Gasteiger partial charge in [-0.25, -0.2) is 0 Å². The van der Waals surface area contributed by atoms with Gasteiger partial charge in [0, 0.05) is 0 Å². The summed E-state index contributed by atoms with van der Waals surface area (Å²) in [5, 5.41) is 0. The van der Waals surface area contributed by atoms with Gasteiger partial charge >= 0.3 is 0 Å². The highest BCUT2D eigenvalue weighted by Gasteiger charge is 2.37. The van der Waals surface area contributed by atoms with Crippen molar-refractivity contribution in [3.05, 3.63) is 88.0 Å². The quantitative estimate of drug-likeness (QED) is 0.427. The average Bonchev–Trinajstić information content (AvgIpc) is 3.41. The molecular weight excluding hydrogens is 352 g/mol. The highest BCUT2D eigenvalue weighted by atomic mass is 16.5. The molecule has 0 bridgehead atoms.